The Bertz CT molecular complexity index is 1700. The number of benzene rings is 2. The second-order valence-electron chi connectivity index (χ2n) is 11.4. The number of urea groups is 1. The van der Waals surface area contributed by atoms with Crippen molar-refractivity contribution >= 4 is 35.1 Å². The van der Waals surface area contributed by atoms with Crippen LogP contribution in [0.5, 0.6) is 0 Å². The third kappa shape index (κ3) is 7.98. The Balaban J connectivity index is 1.02. The zero-order chi connectivity index (χ0) is 33.0. The Kier molecular flexibility index (Phi) is 9.24. The van der Waals surface area contributed by atoms with E-state index in [2.05, 4.69) is 36.1 Å². The van der Waals surface area contributed by atoms with Crippen LogP contribution in [0.4, 0.5) is 45.6 Å². The summed E-state index contributed by atoms with van der Waals surface area (Å²) in [7, 11) is 0. The van der Waals surface area contributed by atoms with E-state index in [4.69, 9.17) is 4.42 Å². The highest BCUT2D eigenvalue weighted by molar-refractivity contribution is 6.03. The number of likely N-dealkylation sites (tertiary alicyclic amines) is 2. The summed E-state index contributed by atoms with van der Waals surface area (Å²) in [6, 6.07) is 17.6. The van der Waals surface area contributed by atoms with Gasteiger partial charge in [0.1, 0.15) is 11.6 Å². The minimum atomic E-state index is -4.92. The molecule has 4 aromatic rings. The Labute approximate surface area is 267 Å². The molecule has 15 heteroatoms. The standard InChI is InChI=1S/C32H32F4N8O3/c33-24-8-4-5-9-25(24)41-31(46)44-15-13-23(19-44)38-26-11-10-21(16-37-26)39-29(45)27-28(32(34,35)36)42-30(47-27)40-22-12-14-43(18-22)17-20-6-2-1-3-7-20/h1-11,16,22-23H,12-15,17-19H2,(H,37,38)(H,39,45)(H,40,42)(H,41,46)/t22?,23-/m1/s1. The summed E-state index contributed by atoms with van der Waals surface area (Å²) in [5, 5.41) is 11.0. The SMILES string of the molecule is O=C(Nc1ccc(N[C@@H]2CCN(C(=O)Nc3ccccc3F)C2)nc1)c1oc(NC2CCN(Cc3ccccc3)C2)nc1C(F)(F)F. The molecule has 2 aromatic heterocycles. The van der Waals surface area contributed by atoms with Gasteiger partial charge in [-0.1, -0.05) is 42.5 Å². The second-order valence-corrected chi connectivity index (χ2v) is 11.4. The van der Waals surface area contributed by atoms with Gasteiger partial charge < -0.3 is 30.6 Å². The maximum atomic E-state index is 13.9. The zero-order valence-corrected chi connectivity index (χ0v) is 25.1. The number of rotatable bonds is 9. The summed E-state index contributed by atoms with van der Waals surface area (Å²) in [6.07, 6.45) is -2.35. The molecule has 0 bridgehead atoms. The molecule has 3 amide bonds. The number of anilines is 4. The molecule has 2 saturated heterocycles. The summed E-state index contributed by atoms with van der Waals surface area (Å²) in [4.78, 5) is 37.0. The molecule has 2 atom stereocenters. The van der Waals surface area contributed by atoms with Crippen LogP contribution in [0.25, 0.3) is 0 Å². The van der Waals surface area contributed by atoms with E-state index < -0.39 is 35.4 Å². The smallest absolute Gasteiger partial charge is 0.418 e. The number of pyridine rings is 1. The van der Waals surface area contributed by atoms with E-state index >= 15 is 0 Å². The monoisotopic (exact) mass is 652 g/mol. The van der Waals surface area contributed by atoms with Gasteiger partial charge in [-0.15, -0.1) is 0 Å². The molecule has 2 aliphatic heterocycles. The molecular weight excluding hydrogens is 620 g/mol. The van der Waals surface area contributed by atoms with Gasteiger partial charge in [-0.2, -0.15) is 18.2 Å². The molecule has 4 heterocycles. The van der Waals surface area contributed by atoms with Gasteiger partial charge in [0.2, 0.25) is 5.76 Å². The van der Waals surface area contributed by atoms with E-state index in [1.54, 1.807) is 17.0 Å². The molecule has 4 N–H and O–H groups in total. The van der Waals surface area contributed by atoms with E-state index in [1.807, 2.05) is 30.3 Å². The molecule has 47 heavy (non-hydrogen) atoms. The number of amides is 3. The van der Waals surface area contributed by atoms with Gasteiger partial charge in [-0.05, 0) is 42.7 Å². The molecular formula is C32H32F4N8O3. The predicted molar refractivity (Wildman–Crippen MR) is 166 cm³/mol. The van der Waals surface area contributed by atoms with Crippen molar-refractivity contribution in [3.05, 3.63) is 95.8 Å². The van der Waals surface area contributed by atoms with E-state index in [9.17, 15) is 27.2 Å². The molecule has 246 valence electrons. The van der Waals surface area contributed by atoms with Crippen molar-refractivity contribution in [2.75, 3.05) is 47.4 Å². The molecule has 0 saturated carbocycles. The summed E-state index contributed by atoms with van der Waals surface area (Å²) in [5.41, 5.74) is -0.0570. The number of carbonyl (C=O) groups is 2. The molecule has 1 unspecified atom stereocenters. The fraction of sp³-hybridized carbons (Fsp3) is 0.312. The number of hydrogen-bond donors (Lipinski definition) is 4. The topological polar surface area (TPSA) is 128 Å². The average Bonchev–Trinajstić information content (AvgIpc) is 3.80. The molecule has 2 fully saturated rings. The highest BCUT2D eigenvalue weighted by Crippen LogP contribution is 2.34. The van der Waals surface area contributed by atoms with Crippen LogP contribution in [0.3, 0.4) is 0 Å². The van der Waals surface area contributed by atoms with Crippen LogP contribution in [-0.4, -0.2) is 70.0 Å². The first-order valence-electron chi connectivity index (χ1n) is 15.1. The summed E-state index contributed by atoms with van der Waals surface area (Å²) in [6.45, 7) is 2.81. The van der Waals surface area contributed by atoms with Crippen molar-refractivity contribution in [1.29, 1.82) is 0 Å². The quantitative estimate of drug-likeness (QED) is 0.165. The largest absolute Gasteiger partial charge is 0.437 e. The minimum absolute atomic E-state index is 0.0908. The normalized spacial score (nSPS) is 18.3. The van der Waals surface area contributed by atoms with Crippen molar-refractivity contribution in [3.63, 3.8) is 0 Å². The zero-order valence-electron chi connectivity index (χ0n) is 25.1. The number of hydrogen-bond acceptors (Lipinski definition) is 8. The molecule has 6 rings (SSSR count). The first-order chi connectivity index (χ1) is 22.6. The molecule has 0 aliphatic carbocycles. The number of aromatic nitrogens is 2. The van der Waals surface area contributed by atoms with Crippen LogP contribution in [0.1, 0.15) is 34.7 Å². The molecule has 2 aliphatic rings. The number of oxazole rings is 1. The van der Waals surface area contributed by atoms with Crippen molar-refractivity contribution in [3.8, 4) is 0 Å². The third-order valence-corrected chi connectivity index (χ3v) is 7.92. The van der Waals surface area contributed by atoms with Crippen LogP contribution >= 0.6 is 0 Å². The number of nitrogens with one attached hydrogen (secondary N) is 4. The predicted octanol–water partition coefficient (Wildman–Crippen LogP) is 5.88. The fourth-order valence-electron chi connectivity index (χ4n) is 5.61. The fourth-order valence-corrected chi connectivity index (χ4v) is 5.61. The van der Waals surface area contributed by atoms with E-state index in [0.29, 0.717) is 44.8 Å². The molecule has 2 aromatic carbocycles. The summed E-state index contributed by atoms with van der Waals surface area (Å²) in [5.74, 6) is -2.17. The maximum absolute atomic E-state index is 13.9. The van der Waals surface area contributed by atoms with Crippen molar-refractivity contribution in [2.45, 2.75) is 37.6 Å². The van der Waals surface area contributed by atoms with Crippen molar-refractivity contribution in [2.24, 2.45) is 0 Å². The van der Waals surface area contributed by atoms with Gasteiger partial charge in [-0.3, -0.25) is 9.69 Å². The second kappa shape index (κ2) is 13.7. The van der Waals surface area contributed by atoms with Crippen molar-refractivity contribution < 1.29 is 31.6 Å². The average molecular weight is 653 g/mol. The Morgan fingerprint density at radius 3 is 2.38 bits per heavy atom. The van der Waals surface area contributed by atoms with Crippen LogP contribution in [0, 0.1) is 5.82 Å². The van der Waals surface area contributed by atoms with E-state index in [-0.39, 0.29) is 29.5 Å². The van der Waals surface area contributed by atoms with Crippen LogP contribution in [0.2, 0.25) is 0 Å². The van der Waals surface area contributed by atoms with Crippen molar-refractivity contribution in [1.82, 2.24) is 19.8 Å². The minimum Gasteiger partial charge on any atom is -0.418 e. The Morgan fingerprint density at radius 2 is 1.64 bits per heavy atom. The highest BCUT2D eigenvalue weighted by atomic mass is 19.4. The maximum Gasteiger partial charge on any atom is 0.437 e. The highest BCUT2D eigenvalue weighted by Gasteiger charge is 2.42. The van der Waals surface area contributed by atoms with Gasteiger partial charge in [-0.25, -0.2) is 14.2 Å². The molecule has 0 radical (unpaired) electrons. The lowest BCUT2D eigenvalue weighted by Crippen LogP contribution is -2.35. The number of carbonyl (C=O) groups excluding carboxylic acids is 2. The Morgan fingerprint density at radius 1 is 0.894 bits per heavy atom. The van der Waals surface area contributed by atoms with Gasteiger partial charge in [0.15, 0.2) is 5.69 Å². The van der Waals surface area contributed by atoms with E-state index in [1.165, 1.54) is 30.5 Å². The number of para-hydroxylation sites is 1. The van der Waals surface area contributed by atoms with Gasteiger partial charge >= 0.3 is 12.2 Å². The lowest BCUT2D eigenvalue weighted by atomic mass is 10.2. The first-order valence-corrected chi connectivity index (χ1v) is 15.1. The van der Waals surface area contributed by atoms with Crippen LogP contribution < -0.4 is 21.3 Å². The number of nitrogens with zero attached hydrogens (tertiary/aromatic N) is 4. The summed E-state index contributed by atoms with van der Waals surface area (Å²) >= 11 is 0. The number of halogens is 4. The molecule has 11 nitrogen and oxygen atoms in total. The van der Waals surface area contributed by atoms with Crippen LogP contribution in [0.15, 0.2) is 77.3 Å². The third-order valence-electron chi connectivity index (χ3n) is 7.92. The van der Waals surface area contributed by atoms with Gasteiger partial charge in [0.25, 0.3) is 11.9 Å². The molecule has 0 spiro atoms. The van der Waals surface area contributed by atoms with Gasteiger partial charge in [0, 0.05) is 44.8 Å². The number of alkyl halides is 3. The van der Waals surface area contributed by atoms with E-state index in [0.717, 1.165) is 12.1 Å². The lowest BCUT2D eigenvalue weighted by Gasteiger charge is -2.18. The lowest BCUT2D eigenvalue weighted by molar-refractivity contribution is -0.141. The summed E-state index contributed by atoms with van der Waals surface area (Å²) < 4.78 is 60.7. The Hall–Kier alpha value is -5.18. The van der Waals surface area contributed by atoms with Gasteiger partial charge in [0.05, 0.1) is 17.6 Å². The first kappa shape index (κ1) is 31.8. The van der Waals surface area contributed by atoms with Crippen LogP contribution in [-0.2, 0) is 12.7 Å².